The molecule has 1 heterocycles. The molecule has 3 N–H and O–H groups in total. The minimum atomic E-state index is -0.992. The van der Waals surface area contributed by atoms with Crippen LogP contribution in [0, 0.1) is 0 Å². The predicted molar refractivity (Wildman–Crippen MR) is 86.0 cm³/mol. The Kier molecular flexibility index (Phi) is 3.97. The summed E-state index contributed by atoms with van der Waals surface area (Å²) in [4.78, 5) is 12.9. The fourth-order valence-corrected chi connectivity index (χ4v) is 3.56. The molecule has 116 valence electrons. The van der Waals surface area contributed by atoms with E-state index in [0.717, 1.165) is 20.8 Å². The summed E-state index contributed by atoms with van der Waals surface area (Å²) in [6, 6.07) is 8.33. The molecule has 1 aliphatic heterocycles. The van der Waals surface area contributed by atoms with E-state index in [0.29, 0.717) is 19.4 Å². The van der Waals surface area contributed by atoms with Crippen molar-refractivity contribution in [3.63, 3.8) is 0 Å². The molecular formula is C16H16BrNO4. The van der Waals surface area contributed by atoms with Gasteiger partial charge in [0, 0.05) is 11.0 Å². The number of nitrogens with zero attached hydrogens (tertiary/aromatic N) is 1. The third-order valence-corrected chi connectivity index (χ3v) is 4.85. The lowest BCUT2D eigenvalue weighted by atomic mass is 9.90. The molecule has 22 heavy (non-hydrogen) atoms. The minimum absolute atomic E-state index is 0.130. The molecule has 1 amide bonds. The van der Waals surface area contributed by atoms with Gasteiger partial charge in [0.05, 0.1) is 12.1 Å². The van der Waals surface area contributed by atoms with Crippen molar-refractivity contribution in [2.45, 2.75) is 25.0 Å². The Bertz CT molecular complexity index is 733. The molecule has 3 rings (SSSR count). The van der Waals surface area contributed by atoms with Crippen molar-refractivity contribution in [3.05, 3.63) is 40.4 Å². The molecule has 0 spiro atoms. The lowest BCUT2D eigenvalue weighted by Crippen LogP contribution is -2.41. The van der Waals surface area contributed by atoms with Gasteiger partial charge in [0.15, 0.2) is 0 Å². The van der Waals surface area contributed by atoms with E-state index in [4.69, 9.17) is 0 Å². The van der Waals surface area contributed by atoms with E-state index in [9.17, 15) is 20.1 Å². The number of aliphatic hydroxyl groups excluding tert-OH is 1. The van der Waals surface area contributed by atoms with Crippen molar-refractivity contribution in [2.75, 3.05) is 6.54 Å². The molecule has 1 saturated heterocycles. The van der Waals surface area contributed by atoms with Crippen LogP contribution in [-0.4, -0.2) is 39.0 Å². The van der Waals surface area contributed by atoms with Crippen LogP contribution < -0.4 is 0 Å². The van der Waals surface area contributed by atoms with E-state index in [-0.39, 0.29) is 5.75 Å². The first-order valence-corrected chi connectivity index (χ1v) is 7.85. The van der Waals surface area contributed by atoms with Crippen molar-refractivity contribution in [3.8, 4) is 5.75 Å². The van der Waals surface area contributed by atoms with Gasteiger partial charge in [0.25, 0.3) is 0 Å². The second kappa shape index (κ2) is 5.78. The number of carbonyl (C=O) groups is 1. The van der Waals surface area contributed by atoms with E-state index < -0.39 is 18.2 Å². The Balaban J connectivity index is 2.17. The third-order valence-electron chi connectivity index (χ3n) is 4.16. The van der Waals surface area contributed by atoms with Gasteiger partial charge in [-0.2, -0.15) is 0 Å². The highest BCUT2D eigenvalue weighted by molar-refractivity contribution is 9.10. The molecule has 0 radical (unpaired) electrons. The summed E-state index contributed by atoms with van der Waals surface area (Å²) in [7, 11) is 0. The first-order valence-electron chi connectivity index (χ1n) is 7.06. The van der Waals surface area contributed by atoms with Gasteiger partial charge in [-0.05, 0) is 53.4 Å². The molecule has 2 atom stereocenters. The molecule has 1 fully saturated rings. The minimum Gasteiger partial charge on any atom is -0.508 e. The molecule has 5 nitrogen and oxygen atoms in total. The fraction of sp³-hybridized carbons (Fsp3) is 0.312. The molecule has 1 unspecified atom stereocenters. The lowest BCUT2D eigenvalue weighted by molar-refractivity contribution is 0.0429. The van der Waals surface area contributed by atoms with Crippen molar-refractivity contribution in [1.82, 2.24) is 4.90 Å². The number of carboxylic acid groups (broad SMARTS) is 1. The van der Waals surface area contributed by atoms with E-state index >= 15 is 0 Å². The van der Waals surface area contributed by atoms with Crippen LogP contribution in [0.25, 0.3) is 10.8 Å². The molecule has 6 heteroatoms. The van der Waals surface area contributed by atoms with Crippen LogP contribution in [0.4, 0.5) is 4.79 Å². The maximum Gasteiger partial charge on any atom is 0.407 e. The van der Waals surface area contributed by atoms with Gasteiger partial charge in [-0.25, -0.2) is 4.79 Å². The maximum atomic E-state index is 11.5. The van der Waals surface area contributed by atoms with E-state index in [2.05, 4.69) is 15.9 Å². The largest absolute Gasteiger partial charge is 0.508 e. The topological polar surface area (TPSA) is 81.0 Å². The zero-order valence-electron chi connectivity index (χ0n) is 11.7. The number of phenols is 1. The number of hydrogen-bond donors (Lipinski definition) is 3. The number of fused-ring (bicyclic) bond motifs is 1. The number of hydrogen-bond acceptors (Lipinski definition) is 3. The summed E-state index contributed by atoms with van der Waals surface area (Å²) >= 11 is 3.47. The number of benzene rings is 2. The molecule has 2 aromatic rings. The Morgan fingerprint density at radius 3 is 2.73 bits per heavy atom. The smallest absolute Gasteiger partial charge is 0.407 e. The number of aromatic hydroxyl groups is 1. The first kappa shape index (κ1) is 15.1. The van der Waals surface area contributed by atoms with Gasteiger partial charge in [-0.1, -0.05) is 22.0 Å². The van der Waals surface area contributed by atoms with Crippen molar-refractivity contribution in [2.24, 2.45) is 0 Å². The Morgan fingerprint density at radius 2 is 2.00 bits per heavy atom. The Morgan fingerprint density at radius 1 is 1.23 bits per heavy atom. The molecule has 0 saturated carbocycles. The number of piperidine rings is 1. The number of likely N-dealkylation sites (tertiary alicyclic amines) is 1. The van der Waals surface area contributed by atoms with Gasteiger partial charge in [0.2, 0.25) is 0 Å². The summed E-state index contributed by atoms with van der Waals surface area (Å²) in [5.41, 5.74) is 0.801. The fourth-order valence-electron chi connectivity index (χ4n) is 3.08. The van der Waals surface area contributed by atoms with Crippen LogP contribution in [-0.2, 0) is 0 Å². The third kappa shape index (κ3) is 2.64. The molecular weight excluding hydrogens is 350 g/mol. The first-order chi connectivity index (χ1) is 10.5. The van der Waals surface area contributed by atoms with Crippen LogP contribution in [0.5, 0.6) is 5.75 Å². The van der Waals surface area contributed by atoms with Gasteiger partial charge in [-0.3, -0.25) is 0 Å². The molecule has 0 aliphatic carbocycles. The van der Waals surface area contributed by atoms with Crippen LogP contribution in [0.3, 0.4) is 0 Å². The second-order valence-electron chi connectivity index (χ2n) is 5.54. The highest BCUT2D eigenvalue weighted by Gasteiger charge is 2.32. The van der Waals surface area contributed by atoms with Crippen LogP contribution >= 0.6 is 15.9 Å². The van der Waals surface area contributed by atoms with Crippen molar-refractivity contribution in [1.29, 1.82) is 0 Å². The number of rotatable bonds is 1. The van der Waals surface area contributed by atoms with Crippen molar-refractivity contribution < 1.29 is 20.1 Å². The van der Waals surface area contributed by atoms with Gasteiger partial charge in [0.1, 0.15) is 5.75 Å². The molecule has 0 aromatic heterocycles. The highest BCUT2D eigenvalue weighted by atomic mass is 79.9. The van der Waals surface area contributed by atoms with E-state index in [1.165, 1.54) is 4.90 Å². The number of phenolic OH excluding ortho intramolecular Hbond substituents is 1. The van der Waals surface area contributed by atoms with E-state index in [1.54, 1.807) is 18.2 Å². The normalized spacial score (nSPS) is 22.0. The number of halogens is 1. The summed E-state index contributed by atoms with van der Waals surface area (Å²) in [5.74, 6) is 0.130. The quantitative estimate of drug-likeness (QED) is 0.722. The second-order valence-corrected chi connectivity index (χ2v) is 6.39. The number of amides is 1. The van der Waals surface area contributed by atoms with Crippen LogP contribution in [0.1, 0.15) is 24.4 Å². The molecule has 1 aliphatic rings. The molecule has 0 bridgehead atoms. The maximum absolute atomic E-state index is 11.5. The summed E-state index contributed by atoms with van der Waals surface area (Å²) < 4.78 is 0.879. The lowest BCUT2D eigenvalue weighted by Gasteiger charge is -2.36. The van der Waals surface area contributed by atoms with Gasteiger partial charge in [-0.15, -0.1) is 0 Å². The van der Waals surface area contributed by atoms with E-state index in [1.807, 2.05) is 12.1 Å². The Labute approximate surface area is 135 Å². The zero-order chi connectivity index (χ0) is 15.9. The summed E-state index contributed by atoms with van der Waals surface area (Å²) in [6.45, 7) is 0.303. The monoisotopic (exact) mass is 365 g/mol. The zero-order valence-corrected chi connectivity index (χ0v) is 13.3. The van der Waals surface area contributed by atoms with Crippen molar-refractivity contribution >= 4 is 32.8 Å². The highest BCUT2D eigenvalue weighted by Crippen LogP contribution is 2.38. The average molecular weight is 366 g/mol. The van der Waals surface area contributed by atoms with Gasteiger partial charge >= 0.3 is 6.09 Å². The van der Waals surface area contributed by atoms with Crippen LogP contribution in [0.2, 0.25) is 0 Å². The molecule has 2 aromatic carbocycles. The summed E-state index contributed by atoms with van der Waals surface area (Å²) in [5, 5.41) is 30.8. The van der Waals surface area contributed by atoms with Gasteiger partial charge < -0.3 is 20.2 Å². The summed E-state index contributed by atoms with van der Waals surface area (Å²) in [6.07, 6.45) is -0.703. The standard InChI is InChI=1S/C16H16BrNO4/c17-14-4-3-12(13-7-9(19)1-2-11(13)14)15-8-10(20)5-6-18(15)16(21)22/h1-4,7,10,15,19-20H,5-6,8H2,(H,21,22)/t10?,15-/m0/s1. The van der Waals surface area contributed by atoms with Crippen LogP contribution in [0.15, 0.2) is 34.8 Å². The predicted octanol–water partition coefficient (Wildman–Crippen LogP) is 3.48. The average Bonchev–Trinajstić information content (AvgIpc) is 2.47. The Hall–Kier alpha value is -1.79. The number of aliphatic hydroxyl groups is 1. The SMILES string of the molecule is O=C(O)N1CCC(O)C[C@H]1c1ccc(Br)c2ccc(O)cc12.